The van der Waals surface area contributed by atoms with Crippen molar-refractivity contribution in [2.75, 3.05) is 6.54 Å². The molecule has 5 aliphatic carbocycles. The molecule has 1 aromatic heterocycles. The van der Waals surface area contributed by atoms with Crippen LogP contribution in [-0.4, -0.2) is 21.9 Å². The van der Waals surface area contributed by atoms with Crippen LogP contribution in [0.4, 0.5) is 0 Å². The van der Waals surface area contributed by atoms with Gasteiger partial charge < -0.3 is 9.47 Å². The van der Waals surface area contributed by atoms with Gasteiger partial charge in [-0.1, -0.05) is 11.6 Å². The van der Waals surface area contributed by atoms with Crippen LogP contribution in [-0.2, 0) is 17.8 Å². The maximum absolute atomic E-state index is 13.8. The molecular weight excluding hydrogens is 368 g/mol. The highest BCUT2D eigenvalue weighted by Crippen LogP contribution is 2.61. The van der Waals surface area contributed by atoms with Gasteiger partial charge in [-0.15, -0.1) is 0 Å². The van der Waals surface area contributed by atoms with Gasteiger partial charge in [-0.2, -0.15) is 0 Å². The van der Waals surface area contributed by atoms with Crippen LogP contribution in [0.2, 0.25) is 0 Å². The highest BCUT2D eigenvalue weighted by atomic mass is 16.2. The van der Waals surface area contributed by atoms with Crippen molar-refractivity contribution in [3.05, 3.63) is 35.0 Å². The number of carbonyl (C=O) groups excluding carboxylic acids is 1. The molecule has 1 aliphatic heterocycles. The van der Waals surface area contributed by atoms with Gasteiger partial charge in [0.1, 0.15) is 0 Å². The molecule has 3 nitrogen and oxygen atoms in total. The standard InChI is InChI=1S/C27H34N2O/c1-17-5-6-23-22(9-17)21-3-2-4-24-26(21)29(23)8-7-28(24)25(30)16-27-13-18-10-19(14-27)12-20(11-18)15-27/h5-6,9,18-20,24H,2-4,7-8,10-16H2,1H3/t18?,19?,20?,24-,27?/m1/s1. The van der Waals surface area contributed by atoms with Crippen LogP contribution in [0, 0.1) is 30.1 Å². The van der Waals surface area contributed by atoms with Gasteiger partial charge in [0.05, 0.1) is 6.04 Å². The molecule has 4 fully saturated rings. The van der Waals surface area contributed by atoms with Gasteiger partial charge in [0, 0.05) is 36.1 Å². The van der Waals surface area contributed by atoms with E-state index < -0.39 is 0 Å². The van der Waals surface area contributed by atoms with Crippen LogP contribution in [0.25, 0.3) is 10.9 Å². The molecule has 1 atom stereocenters. The topological polar surface area (TPSA) is 25.2 Å². The molecule has 0 radical (unpaired) electrons. The van der Waals surface area contributed by atoms with Crippen molar-refractivity contribution in [1.82, 2.24) is 9.47 Å². The van der Waals surface area contributed by atoms with Crippen LogP contribution in [0.15, 0.2) is 18.2 Å². The first kappa shape index (κ1) is 17.9. The van der Waals surface area contributed by atoms with Crippen molar-refractivity contribution in [2.45, 2.75) is 83.7 Å². The molecule has 8 rings (SSSR count). The molecule has 1 aromatic carbocycles. The van der Waals surface area contributed by atoms with E-state index in [1.54, 1.807) is 0 Å². The molecule has 6 aliphatic rings. The molecule has 0 unspecified atom stereocenters. The summed E-state index contributed by atoms with van der Waals surface area (Å²) in [6.45, 7) is 4.07. The monoisotopic (exact) mass is 402 g/mol. The number of amides is 1. The maximum Gasteiger partial charge on any atom is 0.223 e. The number of hydrogen-bond acceptors (Lipinski definition) is 1. The Balaban J connectivity index is 1.22. The van der Waals surface area contributed by atoms with Gasteiger partial charge in [-0.3, -0.25) is 4.79 Å². The first-order valence-corrected chi connectivity index (χ1v) is 12.5. The summed E-state index contributed by atoms with van der Waals surface area (Å²) in [5.41, 5.74) is 6.11. The number of aromatic nitrogens is 1. The zero-order chi connectivity index (χ0) is 20.0. The van der Waals surface area contributed by atoms with Crippen molar-refractivity contribution in [1.29, 1.82) is 0 Å². The fraction of sp³-hybridized carbons (Fsp3) is 0.667. The number of carbonyl (C=O) groups is 1. The zero-order valence-electron chi connectivity index (χ0n) is 18.3. The lowest BCUT2D eigenvalue weighted by Crippen LogP contribution is -2.50. The molecule has 1 amide bonds. The van der Waals surface area contributed by atoms with Crippen molar-refractivity contribution < 1.29 is 4.79 Å². The SMILES string of the molecule is Cc1ccc2c(c1)c1c3n2CCN(C(=O)CC24CC5CC(CC(C5)C2)C4)[C@@H]3CCC1. The number of benzene rings is 1. The fourth-order valence-electron chi connectivity index (χ4n) is 8.95. The number of nitrogens with zero attached hydrogens (tertiary/aromatic N) is 2. The predicted octanol–water partition coefficient (Wildman–Crippen LogP) is 5.78. The largest absolute Gasteiger partial charge is 0.341 e. The molecule has 0 saturated heterocycles. The summed E-state index contributed by atoms with van der Waals surface area (Å²) in [6, 6.07) is 7.25. The van der Waals surface area contributed by atoms with E-state index in [2.05, 4.69) is 34.6 Å². The molecule has 158 valence electrons. The molecule has 0 spiro atoms. The molecule has 2 aromatic rings. The van der Waals surface area contributed by atoms with Crippen LogP contribution in [0.1, 0.15) is 80.7 Å². The lowest BCUT2D eigenvalue weighted by Gasteiger charge is -2.57. The van der Waals surface area contributed by atoms with E-state index in [4.69, 9.17) is 0 Å². The predicted molar refractivity (Wildman–Crippen MR) is 119 cm³/mol. The summed E-state index contributed by atoms with van der Waals surface area (Å²) >= 11 is 0. The number of rotatable bonds is 2. The Labute approximate surface area is 179 Å². The number of hydrogen-bond donors (Lipinski definition) is 0. The highest BCUT2D eigenvalue weighted by molar-refractivity contribution is 5.87. The second-order valence-electron chi connectivity index (χ2n) is 11.6. The van der Waals surface area contributed by atoms with Crippen LogP contribution in [0.3, 0.4) is 0 Å². The van der Waals surface area contributed by atoms with Crippen LogP contribution in [0.5, 0.6) is 0 Å². The summed E-state index contributed by atoms with van der Waals surface area (Å²) in [6.07, 6.45) is 12.8. The Hall–Kier alpha value is -1.77. The number of aryl methyl sites for hydroxylation is 2. The first-order chi connectivity index (χ1) is 14.6. The summed E-state index contributed by atoms with van der Waals surface area (Å²) in [5, 5.41) is 1.45. The minimum Gasteiger partial charge on any atom is -0.341 e. The Morgan fingerprint density at radius 3 is 2.53 bits per heavy atom. The fourth-order valence-corrected chi connectivity index (χ4v) is 8.95. The van der Waals surface area contributed by atoms with E-state index >= 15 is 0 Å². The van der Waals surface area contributed by atoms with E-state index in [0.29, 0.717) is 17.4 Å². The van der Waals surface area contributed by atoms with Crippen molar-refractivity contribution in [3.8, 4) is 0 Å². The Morgan fingerprint density at radius 2 is 1.80 bits per heavy atom. The van der Waals surface area contributed by atoms with Gasteiger partial charge in [0.15, 0.2) is 0 Å². The molecule has 2 heterocycles. The minimum absolute atomic E-state index is 0.316. The van der Waals surface area contributed by atoms with E-state index in [9.17, 15) is 4.79 Å². The van der Waals surface area contributed by atoms with Crippen LogP contribution >= 0.6 is 0 Å². The molecule has 30 heavy (non-hydrogen) atoms. The molecule has 0 N–H and O–H groups in total. The average molecular weight is 403 g/mol. The average Bonchev–Trinajstić information content (AvgIpc) is 3.02. The van der Waals surface area contributed by atoms with Gasteiger partial charge in [0.25, 0.3) is 0 Å². The minimum atomic E-state index is 0.316. The highest BCUT2D eigenvalue weighted by Gasteiger charge is 2.52. The zero-order valence-corrected chi connectivity index (χ0v) is 18.3. The van der Waals surface area contributed by atoms with Gasteiger partial charge in [0.2, 0.25) is 5.91 Å². The van der Waals surface area contributed by atoms with Crippen LogP contribution < -0.4 is 0 Å². The number of fused-ring (bicyclic) bond motifs is 3. The Morgan fingerprint density at radius 1 is 1.07 bits per heavy atom. The Kier molecular flexibility index (Phi) is 3.66. The Bertz CT molecular complexity index is 1010. The second-order valence-corrected chi connectivity index (χ2v) is 11.6. The van der Waals surface area contributed by atoms with Crippen molar-refractivity contribution in [3.63, 3.8) is 0 Å². The summed E-state index contributed by atoms with van der Waals surface area (Å²) in [7, 11) is 0. The van der Waals surface area contributed by atoms with Gasteiger partial charge in [-0.05, 0) is 106 Å². The van der Waals surface area contributed by atoms with Crippen molar-refractivity contribution in [2.24, 2.45) is 23.2 Å². The molecule has 4 bridgehead atoms. The normalized spacial score (nSPS) is 36.4. The maximum atomic E-state index is 13.8. The summed E-state index contributed by atoms with van der Waals surface area (Å²) < 4.78 is 2.56. The smallest absolute Gasteiger partial charge is 0.223 e. The van der Waals surface area contributed by atoms with E-state index in [1.807, 2.05) is 0 Å². The lowest BCUT2D eigenvalue weighted by atomic mass is 9.49. The van der Waals surface area contributed by atoms with E-state index in [-0.39, 0.29) is 0 Å². The van der Waals surface area contributed by atoms with E-state index in [1.165, 1.54) is 79.1 Å². The van der Waals surface area contributed by atoms with Gasteiger partial charge in [-0.25, -0.2) is 0 Å². The first-order valence-electron chi connectivity index (χ1n) is 12.5. The third-order valence-electron chi connectivity index (χ3n) is 9.54. The molecular formula is C27H34N2O. The second kappa shape index (κ2) is 6.14. The molecule has 4 saturated carbocycles. The van der Waals surface area contributed by atoms with Crippen molar-refractivity contribution >= 4 is 16.8 Å². The van der Waals surface area contributed by atoms with Gasteiger partial charge >= 0.3 is 0 Å². The van der Waals surface area contributed by atoms with E-state index in [0.717, 1.165) is 43.7 Å². The third-order valence-corrected chi connectivity index (χ3v) is 9.54. The summed E-state index contributed by atoms with van der Waals surface area (Å²) in [4.78, 5) is 16.1. The third kappa shape index (κ3) is 2.47. The quantitative estimate of drug-likeness (QED) is 0.625. The summed E-state index contributed by atoms with van der Waals surface area (Å²) in [5.74, 6) is 3.26. The molecule has 3 heteroatoms. The lowest BCUT2D eigenvalue weighted by molar-refractivity contribution is -0.143.